The van der Waals surface area contributed by atoms with Crippen LogP contribution in [0.1, 0.15) is 38.5 Å². The van der Waals surface area contributed by atoms with Gasteiger partial charge in [0.1, 0.15) is 11.4 Å². The minimum atomic E-state index is 0.143. The van der Waals surface area contributed by atoms with E-state index in [1.165, 1.54) is 19.3 Å². The molecular formula is C24H28N6O2. The fourth-order valence-corrected chi connectivity index (χ4v) is 5.47. The van der Waals surface area contributed by atoms with Crippen LogP contribution in [0.5, 0.6) is 11.5 Å². The molecule has 2 saturated heterocycles. The number of piperidine rings is 2. The van der Waals surface area contributed by atoms with Crippen molar-refractivity contribution in [3.05, 3.63) is 42.7 Å². The molecule has 0 unspecified atom stereocenters. The number of aromatic nitrogens is 4. The number of phenolic OH excluding ortho intramolecular Hbond substituents is 1. The van der Waals surface area contributed by atoms with Gasteiger partial charge >= 0.3 is 0 Å². The van der Waals surface area contributed by atoms with E-state index in [9.17, 15) is 5.11 Å². The van der Waals surface area contributed by atoms with Gasteiger partial charge in [-0.15, -0.1) is 10.2 Å². The third-order valence-corrected chi connectivity index (χ3v) is 6.97. The van der Waals surface area contributed by atoms with Crippen molar-refractivity contribution in [3.63, 3.8) is 0 Å². The Kier molecular flexibility index (Phi) is 4.94. The first-order chi connectivity index (χ1) is 15.7. The van der Waals surface area contributed by atoms with Crippen LogP contribution < -0.4 is 15.0 Å². The van der Waals surface area contributed by atoms with Crippen LogP contribution in [-0.4, -0.2) is 56.4 Å². The Labute approximate surface area is 187 Å². The number of phenols is 1. The molecule has 0 amide bonds. The summed E-state index contributed by atoms with van der Waals surface area (Å²) < 4.78 is 7.80. The molecule has 3 aliphatic rings. The van der Waals surface area contributed by atoms with Gasteiger partial charge in [0.05, 0.1) is 12.3 Å². The minimum Gasteiger partial charge on any atom is -0.507 e. The van der Waals surface area contributed by atoms with Gasteiger partial charge < -0.3 is 20.1 Å². The second kappa shape index (κ2) is 8.09. The number of hydrogen-bond acceptors (Lipinski definition) is 7. The molecule has 8 nitrogen and oxygen atoms in total. The van der Waals surface area contributed by atoms with E-state index >= 15 is 0 Å². The second-order valence-electron chi connectivity index (χ2n) is 9.08. The molecule has 2 N–H and O–H groups in total. The number of benzene rings is 1. The van der Waals surface area contributed by atoms with Gasteiger partial charge in [0.15, 0.2) is 11.6 Å². The average Bonchev–Trinajstić information content (AvgIpc) is 3.26. The number of ether oxygens (including phenoxy) is 1. The lowest BCUT2D eigenvalue weighted by Crippen LogP contribution is -2.55. The van der Waals surface area contributed by atoms with Crippen LogP contribution in [0.25, 0.3) is 16.9 Å². The van der Waals surface area contributed by atoms with Crippen molar-refractivity contribution in [2.24, 2.45) is 0 Å². The first kappa shape index (κ1) is 19.5. The molecule has 0 spiro atoms. The van der Waals surface area contributed by atoms with Gasteiger partial charge in [-0.05, 0) is 50.3 Å². The largest absolute Gasteiger partial charge is 0.507 e. The van der Waals surface area contributed by atoms with E-state index < -0.39 is 0 Å². The summed E-state index contributed by atoms with van der Waals surface area (Å²) in [6.07, 6.45) is 10.7. The summed E-state index contributed by atoms with van der Waals surface area (Å²) >= 11 is 0. The van der Waals surface area contributed by atoms with Crippen LogP contribution in [0.3, 0.4) is 0 Å². The van der Waals surface area contributed by atoms with Gasteiger partial charge in [0.25, 0.3) is 0 Å². The average molecular weight is 433 g/mol. The summed E-state index contributed by atoms with van der Waals surface area (Å²) in [5, 5.41) is 27.8. The molecule has 32 heavy (non-hydrogen) atoms. The first-order valence-corrected chi connectivity index (χ1v) is 11.6. The maximum atomic E-state index is 10.7. The highest BCUT2D eigenvalue weighted by molar-refractivity contribution is 5.71. The topological polar surface area (TPSA) is 88.3 Å². The SMILES string of the molecule is Oc1cc(-n2cccn2)ccc1-c1cc2c(nn1)N(C1C[C@H]3CCC[C@H](C1)N3)CCCO2. The summed E-state index contributed by atoms with van der Waals surface area (Å²) in [6.45, 7) is 1.60. The van der Waals surface area contributed by atoms with E-state index in [0.717, 1.165) is 43.1 Å². The Balaban J connectivity index is 1.31. The molecule has 0 saturated carbocycles. The number of hydrogen-bond donors (Lipinski definition) is 2. The Hall–Kier alpha value is -3.13. The smallest absolute Gasteiger partial charge is 0.194 e. The Morgan fingerprint density at radius 2 is 1.94 bits per heavy atom. The van der Waals surface area contributed by atoms with E-state index in [4.69, 9.17) is 4.74 Å². The number of aromatic hydroxyl groups is 1. The molecule has 166 valence electrons. The fraction of sp³-hybridized carbons (Fsp3) is 0.458. The van der Waals surface area contributed by atoms with Crippen LogP contribution in [0.4, 0.5) is 5.82 Å². The van der Waals surface area contributed by atoms with Gasteiger partial charge in [-0.1, -0.05) is 6.42 Å². The summed E-state index contributed by atoms with van der Waals surface area (Å²) in [5.41, 5.74) is 2.03. The number of anilines is 1. The van der Waals surface area contributed by atoms with E-state index in [1.807, 2.05) is 30.5 Å². The molecule has 3 aliphatic heterocycles. The zero-order valence-electron chi connectivity index (χ0n) is 18.0. The zero-order chi connectivity index (χ0) is 21.5. The Morgan fingerprint density at radius 3 is 2.72 bits per heavy atom. The van der Waals surface area contributed by atoms with Crippen molar-refractivity contribution < 1.29 is 9.84 Å². The molecule has 0 aliphatic carbocycles. The monoisotopic (exact) mass is 432 g/mol. The third-order valence-electron chi connectivity index (χ3n) is 6.97. The van der Waals surface area contributed by atoms with Gasteiger partial charge in [0.2, 0.25) is 0 Å². The quantitative estimate of drug-likeness (QED) is 0.656. The van der Waals surface area contributed by atoms with Crippen molar-refractivity contribution in [2.75, 3.05) is 18.1 Å². The van der Waals surface area contributed by atoms with Crippen LogP contribution in [0.2, 0.25) is 0 Å². The predicted molar refractivity (Wildman–Crippen MR) is 121 cm³/mol. The Bertz CT molecular complexity index is 1090. The lowest BCUT2D eigenvalue weighted by molar-refractivity contribution is 0.216. The highest BCUT2D eigenvalue weighted by Crippen LogP contribution is 2.38. The second-order valence-corrected chi connectivity index (χ2v) is 9.08. The molecule has 2 bridgehead atoms. The highest BCUT2D eigenvalue weighted by atomic mass is 16.5. The molecule has 8 heteroatoms. The van der Waals surface area contributed by atoms with Crippen molar-refractivity contribution in [1.82, 2.24) is 25.3 Å². The molecule has 2 atom stereocenters. The molecular weight excluding hydrogens is 404 g/mol. The van der Waals surface area contributed by atoms with Crippen molar-refractivity contribution in [3.8, 4) is 28.4 Å². The van der Waals surface area contributed by atoms with Crippen LogP contribution >= 0.6 is 0 Å². The molecule has 3 aromatic rings. The van der Waals surface area contributed by atoms with Crippen molar-refractivity contribution >= 4 is 5.82 Å². The molecule has 0 radical (unpaired) electrons. The van der Waals surface area contributed by atoms with Gasteiger partial charge in [0, 0.05) is 54.8 Å². The standard InChI is InChI=1S/C24H28N6O2/c31-22-14-18(30-10-2-8-25-30)6-7-20(22)21-15-23-24(28-27-21)29(9-3-11-32-23)19-12-16-4-1-5-17(13-19)26-16/h2,6-8,10,14-17,19,26,31H,1,3-5,9,11-13H2/t16-,17-/m1/s1. The fourth-order valence-electron chi connectivity index (χ4n) is 5.47. The van der Waals surface area contributed by atoms with Gasteiger partial charge in [-0.25, -0.2) is 4.68 Å². The Morgan fingerprint density at radius 1 is 1.06 bits per heavy atom. The van der Waals surface area contributed by atoms with E-state index in [0.29, 0.717) is 36.0 Å². The first-order valence-electron chi connectivity index (χ1n) is 11.6. The van der Waals surface area contributed by atoms with E-state index in [-0.39, 0.29) is 5.75 Å². The number of nitrogens with one attached hydrogen (secondary N) is 1. The van der Waals surface area contributed by atoms with E-state index in [1.54, 1.807) is 16.9 Å². The zero-order valence-corrected chi connectivity index (χ0v) is 18.0. The summed E-state index contributed by atoms with van der Waals surface area (Å²) in [7, 11) is 0. The van der Waals surface area contributed by atoms with Gasteiger partial charge in [-0.2, -0.15) is 5.10 Å². The molecule has 2 fully saturated rings. The summed E-state index contributed by atoms with van der Waals surface area (Å²) in [4.78, 5) is 2.42. The van der Waals surface area contributed by atoms with Crippen LogP contribution in [0, 0.1) is 0 Å². The normalized spacial score (nSPS) is 25.0. The maximum absolute atomic E-state index is 10.7. The van der Waals surface area contributed by atoms with Crippen molar-refractivity contribution in [2.45, 2.75) is 56.7 Å². The molecule has 2 aromatic heterocycles. The van der Waals surface area contributed by atoms with E-state index in [2.05, 4.69) is 25.5 Å². The number of rotatable bonds is 3. The van der Waals surface area contributed by atoms with Gasteiger partial charge in [-0.3, -0.25) is 0 Å². The number of nitrogens with zero attached hydrogens (tertiary/aromatic N) is 5. The minimum absolute atomic E-state index is 0.143. The maximum Gasteiger partial charge on any atom is 0.194 e. The summed E-state index contributed by atoms with van der Waals surface area (Å²) in [6, 6.07) is 10.9. The lowest BCUT2D eigenvalue weighted by Gasteiger charge is -2.44. The predicted octanol–water partition coefficient (Wildman–Crippen LogP) is 3.30. The number of fused-ring (bicyclic) bond motifs is 3. The molecule has 6 rings (SSSR count). The van der Waals surface area contributed by atoms with Crippen LogP contribution in [0.15, 0.2) is 42.7 Å². The van der Waals surface area contributed by atoms with Crippen molar-refractivity contribution in [1.29, 1.82) is 0 Å². The third kappa shape index (κ3) is 3.58. The molecule has 5 heterocycles. The summed E-state index contributed by atoms with van der Waals surface area (Å²) in [5.74, 6) is 1.74. The molecule has 1 aromatic carbocycles. The lowest BCUT2D eigenvalue weighted by atomic mass is 9.83. The highest BCUT2D eigenvalue weighted by Gasteiger charge is 2.36. The van der Waals surface area contributed by atoms with Crippen LogP contribution in [-0.2, 0) is 0 Å².